The predicted octanol–water partition coefficient (Wildman–Crippen LogP) is 2.39. The molecule has 98 valence electrons. The van der Waals surface area contributed by atoms with Crippen molar-refractivity contribution in [2.45, 2.75) is 32.4 Å². The molecule has 1 aromatic rings. The van der Waals surface area contributed by atoms with Crippen molar-refractivity contribution in [2.75, 3.05) is 18.1 Å². The minimum atomic E-state index is -0.883. The van der Waals surface area contributed by atoms with E-state index >= 15 is 0 Å². The number of aromatic carboxylic acids is 1. The fourth-order valence-electron chi connectivity index (χ4n) is 2.32. The molecular weight excluding hydrogens is 230 g/mol. The molecule has 0 bridgehead atoms. The van der Waals surface area contributed by atoms with E-state index in [0.29, 0.717) is 18.2 Å². The average Bonchev–Trinajstić information content (AvgIpc) is 2.39. The molecule has 0 saturated carbocycles. The van der Waals surface area contributed by atoms with Crippen LogP contribution in [0.3, 0.4) is 0 Å². The van der Waals surface area contributed by atoms with Crippen LogP contribution in [0, 0.1) is 0 Å². The molecule has 1 fully saturated rings. The first kappa shape index (κ1) is 12.9. The van der Waals surface area contributed by atoms with Crippen molar-refractivity contribution in [3.63, 3.8) is 0 Å². The predicted molar refractivity (Wildman–Crippen MR) is 70.2 cm³/mol. The normalized spacial score (nSPS) is 24.0. The summed E-state index contributed by atoms with van der Waals surface area (Å²) in [5.41, 5.74) is 1.30. The Labute approximate surface area is 107 Å². The fourth-order valence-corrected chi connectivity index (χ4v) is 2.32. The third-order valence-corrected chi connectivity index (χ3v) is 3.36. The van der Waals surface area contributed by atoms with E-state index in [9.17, 15) is 4.79 Å². The Morgan fingerprint density at radius 1 is 1.56 bits per heavy atom. The van der Waals surface area contributed by atoms with Crippen LogP contribution >= 0.6 is 0 Å². The van der Waals surface area contributed by atoms with Gasteiger partial charge in [0.1, 0.15) is 0 Å². The first-order valence-electron chi connectivity index (χ1n) is 6.33. The summed E-state index contributed by atoms with van der Waals surface area (Å²) in [6.07, 6.45) is 1.17. The minimum Gasteiger partial charge on any atom is -0.478 e. The van der Waals surface area contributed by atoms with Gasteiger partial charge in [0, 0.05) is 12.2 Å². The van der Waals surface area contributed by atoms with E-state index in [0.717, 1.165) is 18.7 Å². The maximum atomic E-state index is 11.0. The van der Waals surface area contributed by atoms with Gasteiger partial charge in [-0.1, -0.05) is 13.0 Å². The van der Waals surface area contributed by atoms with Crippen LogP contribution in [0.2, 0.25) is 0 Å². The number of carbonyl (C=O) groups is 1. The molecule has 1 aliphatic heterocycles. The molecule has 0 aromatic heterocycles. The molecule has 0 spiro atoms. The van der Waals surface area contributed by atoms with Gasteiger partial charge >= 0.3 is 5.97 Å². The number of morpholine rings is 1. The van der Waals surface area contributed by atoms with Gasteiger partial charge in [-0.15, -0.1) is 0 Å². The third-order valence-electron chi connectivity index (χ3n) is 3.36. The number of anilines is 1. The average molecular weight is 249 g/mol. The van der Waals surface area contributed by atoms with E-state index in [1.165, 1.54) is 0 Å². The molecular formula is C14H19NO3. The number of benzene rings is 1. The highest BCUT2D eigenvalue weighted by Gasteiger charge is 2.26. The summed E-state index contributed by atoms with van der Waals surface area (Å²) in [5, 5.41) is 9.04. The Hall–Kier alpha value is -1.55. The maximum absolute atomic E-state index is 11.0. The molecule has 0 aliphatic carbocycles. The highest BCUT2D eigenvalue weighted by Crippen LogP contribution is 2.24. The van der Waals surface area contributed by atoms with Crippen molar-refractivity contribution in [1.29, 1.82) is 0 Å². The second-order valence-corrected chi connectivity index (χ2v) is 4.71. The smallest absolute Gasteiger partial charge is 0.335 e. The molecule has 0 amide bonds. The number of rotatable bonds is 3. The zero-order valence-corrected chi connectivity index (χ0v) is 10.8. The van der Waals surface area contributed by atoms with Crippen LogP contribution in [0.25, 0.3) is 0 Å². The number of hydrogen-bond acceptors (Lipinski definition) is 3. The number of ether oxygens (including phenoxy) is 1. The quantitative estimate of drug-likeness (QED) is 0.893. The van der Waals surface area contributed by atoms with E-state index in [1.54, 1.807) is 18.2 Å². The lowest BCUT2D eigenvalue weighted by molar-refractivity contribution is 0.0299. The Balaban J connectivity index is 2.27. The first-order valence-corrected chi connectivity index (χ1v) is 6.33. The SMILES string of the molecule is CCC1COC(C)CN1c1cccc(C(=O)O)c1. The summed E-state index contributed by atoms with van der Waals surface area (Å²) in [4.78, 5) is 13.3. The van der Waals surface area contributed by atoms with Crippen molar-refractivity contribution in [3.8, 4) is 0 Å². The van der Waals surface area contributed by atoms with Gasteiger partial charge in [0.15, 0.2) is 0 Å². The van der Waals surface area contributed by atoms with Crippen LogP contribution in [0.5, 0.6) is 0 Å². The van der Waals surface area contributed by atoms with Crippen molar-refractivity contribution in [2.24, 2.45) is 0 Å². The number of carboxylic acid groups (broad SMARTS) is 1. The number of nitrogens with zero attached hydrogens (tertiary/aromatic N) is 1. The summed E-state index contributed by atoms with van der Waals surface area (Å²) < 4.78 is 5.65. The van der Waals surface area contributed by atoms with E-state index in [1.807, 2.05) is 13.0 Å². The third kappa shape index (κ3) is 2.64. The molecule has 1 heterocycles. The van der Waals surface area contributed by atoms with Gasteiger partial charge in [-0.3, -0.25) is 0 Å². The van der Waals surface area contributed by atoms with Gasteiger partial charge in [0.2, 0.25) is 0 Å². The van der Waals surface area contributed by atoms with E-state index < -0.39 is 5.97 Å². The summed E-state index contributed by atoms with van der Waals surface area (Å²) in [7, 11) is 0. The Bertz CT molecular complexity index is 433. The Morgan fingerprint density at radius 2 is 2.33 bits per heavy atom. The molecule has 0 radical (unpaired) electrons. The zero-order valence-electron chi connectivity index (χ0n) is 10.8. The maximum Gasteiger partial charge on any atom is 0.335 e. The largest absolute Gasteiger partial charge is 0.478 e. The molecule has 1 aromatic carbocycles. The zero-order chi connectivity index (χ0) is 13.1. The molecule has 18 heavy (non-hydrogen) atoms. The topological polar surface area (TPSA) is 49.8 Å². The Kier molecular flexibility index (Phi) is 3.87. The summed E-state index contributed by atoms with van der Waals surface area (Å²) in [6, 6.07) is 7.45. The van der Waals surface area contributed by atoms with Gasteiger partial charge in [0.05, 0.1) is 24.3 Å². The van der Waals surface area contributed by atoms with Crippen LogP contribution in [0.4, 0.5) is 5.69 Å². The van der Waals surface area contributed by atoms with E-state index in [2.05, 4.69) is 11.8 Å². The molecule has 4 nitrogen and oxygen atoms in total. The highest BCUT2D eigenvalue weighted by molar-refractivity contribution is 5.88. The first-order chi connectivity index (χ1) is 8.61. The lowest BCUT2D eigenvalue weighted by Gasteiger charge is -2.40. The molecule has 1 saturated heterocycles. The van der Waals surface area contributed by atoms with Gasteiger partial charge in [0.25, 0.3) is 0 Å². The van der Waals surface area contributed by atoms with Crippen LogP contribution in [-0.4, -0.2) is 36.4 Å². The van der Waals surface area contributed by atoms with Crippen LogP contribution in [0.15, 0.2) is 24.3 Å². The second kappa shape index (κ2) is 5.40. The minimum absolute atomic E-state index is 0.182. The fraction of sp³-hybridized carbons (Fsp3) is 0.500. The molecule has 1 aliphatic rings. The van der Waals surface area contributed by atoms with Crippen molar-refractivity contribution < 1.29 is 14.6 Å². The standard InChI is InChI=1S/C14H19NO3/c1-3-12-9-18-10(2)8-15(12)13-6-4-5-11(7-13)14(16)17/h4-7,10,12H,3,8-9H2,1-2H3,(H,16,17). The second-order valence-electron chi connectivity index (χ2n) is 4.71. The van der Waals surface area contributed by atoms with Gasteiger partial charge < -0.3 is 14.7 Å². The molecule has 2 atom stereocenters. The van der Waals surface area contributed by atoms with E-state index in [-0.39, 0.29) is 6.10 Å². The lowest BCUT2D eigenvalue weighted by atomic mass is 10.1. The molecule has 4 heteroatoms. The lowest BCUT2D eigenvalue weighted by Crippen LogP contribution is -2.48. The van der Waals surface area contributed by atoms with Gasteiger partial charge in [-0.05, 0) is 31.5 Å². The molecule has 2 rings (SSSR count). The van der Waals surface area contributed by atoms with Crippen molar-refractivity contribution in [3.05, 3.63) is 29.8 Å². The van der Waals surface area contributed by atoms with Crippen molar-refractivity contribution >= 4 is 11.7 Å². The Morgan fingerprint density at radius 3 is 3.00 bits per heavy atom. The highest BCUT2D eigenvalue weighted by atomic mass is 16.5. The van der Waals surface area contributed by atoms with Crippen molar-refractivity contribution in [1.82, 2.24) is 0 Å². The molecule has 1 N–H and O–H groups in total. The number of hydrogen-bond donors (Lipinski definition) is 1. The molecule has 2 unspecified atom stereocenters. The number of carboxylic acids is 1. The van der Waals surface area contributed by atoms with Crippen LogP contribution in [0.1, 0.15) is 30.6 Å². The van der Waals surface area contributed by atoms with Crippen LogP contribution in [-0.2, 0) is 4.74 Å². The van der Waals surface area contributed by atoms with Crippen LogP contribution < -0.4 is 4.90 Å². The monoisotopic (exact) mass is 249 g/mol. The summed E-state index contributed by atoms with van der Waals surface area (Å²) in [5.74, 6) is -0.883. The van der Waals surface area contributed by atoms with Gasteiger partial charge in [-0.25, -0.2) is 4.79 Å². The van der Waals surface area contributed by atoms with Gasteiger partial charge in [-0.2, -0.15) is 0 Å². The summed E-state index contributed by atoms with van der Waals surface area (Å²) in [6.45, 7) is 5.68. The summed E-state index contributed by atoms with van der Waals surface area (Å²) >= 11 is 0. The van der Waals surface area contributed by atoms with E-state index in [4.69, 9.17) is 9.84 Å².